The fourth-order valence-electron chi connectivity index (χ4n) is 3.03. The molecular formula is C16H19F3N2O2. The molecule has 23 heavy (non-hydrogen) atoms. The molecule has 3 rings (SSSR count). The fraction of sp³-hybridized carbons (Fsp3) is 0.562. The minimum atomic E-state index is -1.22. The van der Waals surface area contributed by atoms with Crippen molar-refractivity contribution in [3.8, 4) is 0 Å². The Labute approximate surface area is 132 Å². The van der Waals surface area contributed by atoms with Crippen molar-refractivity contribution in [1.82, 2.24) is 10.2 Å². The molecule has 1 saturated carbocycles. The Bertz CT molecular complexity index is 607. The number of nitrogens with one attached hydrogen (secondary N) is 1. The van der Waals surface area contributed by atoms with E-state index in [2.05, 4.69) is 5.32 Å². The first-order valence-corrected chi connectivity index (χ1v) is 7.75. The molecule has 1 amide bonds. The molecule has 0 bridgehead atoms. The lowest BCUT2D eigenvalue weighted by Crippen LogP contribution is -2.37. The number of likely N-dealkylation sites (tertiary alicyclic amines) is 1. The standard InChI is InChI=1S/C16H19F3N2O2/c17-13-4-15(19)14(18)3-9(13)5-21-6-10(8-22)12(7-21)16(23)20-11-1-2-11/h3-4,10-12,22H,1-2,5-8H2,(H,20,23)/t10-,12+/m0/s1. The van der Waals surface area contributed by atoms with E-state index in [4.69, 9.17) is 0 Å². The number of hydrogen-bond acceptors (Lipinski definition) is 3. The summed E-state index contributed by atoms with van der Waals surface area (Å²) in [4.78, 5) is 14.0. The van der Waals surface area contributed by atoms with Crippen LogP contribution in [0.5, 0.6) is 0 Å². The molecule has 0 radical (unpaired) electrons. The fourth-order valence-corrected chi connectivity index (χ4v) is 3.03. The molecule has 2 aliphatic rings. The maximum Gasteiger partial charge on any atom is 0.225 e. The molecule has 2 N–H and O–H groups in total. The summed E-state index contributed by atoms with van der Waals surface area (Å²) in [7, 11) is 0. The number of carbonyl (C=O) groups excluding carboxylic acids is 1. The van der Waals surface area contributed by atoms with E-state index >= 15 is 0 Å². The van der Waals surface area contributed by atoms with Crippen molar-refractivity contribution < 1.29 is 23.1 Å². The van der Waals surface area contributed by atoms with E-state index in [1.165, 1.54) is 0 Å². The van der Waals surface area contributed by atoms with Crippen molar-refractivity contribution in [3.63, 3.8) is 0 Å². The number of nitrogens with zero attached hydrogens (tertiary/aromatic N) is 1. The molecule has 1 aliphatic heterocycles. The first-order chi connectivity index (χ1) is 11.0. The number of halogens is 3. The predicted molar refractivity (Wildman–Crippen MR) is 76.8 cm³/mol. The summed E-state index contributed by atoms with van der Waals surface area (Å²) in [5.74, 6) is -3.82. The zero-order valence-electron chi connectivity index (χ0n) is 12.6. The maximum absolute atomic E-state index is 13.7. The van der Waals surface area contributed by atoms with Crippen molar-refractivity contribution >= 4 is 5.91 Å². The van der Waals surface area contributed by atoms with Crippen molar-refractivity contribution in [1.29, 1.82) is 0 Å². The molecule has 1 aliphatic carbocycles. The second kappa shape index (κ2) is 6.49. The Kier molecular flexibility index (Phi) is 4.59. The van der Waals surface area contributed by atoms with Gasteiger partial charge in [0.2, 0.25) is 5.91 Å². The van der Waals surface area contributed by atoms with Crippen molar-refractivity contribution in [2.75, 3.05) is 19.7 Å². The van der Waals surface area contributed by atoms with Gasteiger partial charge in [-0.05, 0) is 18.9 Å². The van der Waals surface area contributed by atoms with Crippen molar-refractivity contribution in [3.05, 3.63) is 35.1 Å². The summed E-state index contributed by atoms with van der Waals surface area (Å²) < 4.78 is 40.0. The lowest BCUT2D eigenvalue weighted by molar-refractivity contribution is -0.126. The monoisotopic (exact) mass is 328 g/mol. The van der Waals surface area contributed by atoms with Gasteiger partial charge in [0.15, 0.2) is 11.6 Å². The molecule has 1 aromatic carbocycles. The van der Waals surface area contributed by atoms with Crippen LogP contribution < -0.4 is 5.32 Å². The number of aliphatic hydroxyl groups excluding tert-OH is 1. The van der Waals surface area contributed by atoms with E-state index in [1.807, 2.05) is 0 Å². The van der Waals surface area contributed by atoms with E-state index < -0.39 is 17.5 Å². The molecule has 1 heterocycles. The average Bonchev–Trinajstić information content (AvgIpc) is 3.22. The van der Waals surface area contributed by atoms with Crippen LogP contribution in [0.3, 0.4) is 0 Å². The van der Waals surface area contributed by atoms with Crippen LogP contribution in [0.15, 0.2) is 12.1 Å². The van der Waals surface area contributed by atoms with Crippen LogP contribution in [0.2, 0.25) is 0 Å². The topological polar surface area (TPSA) is 52.6 Å². The second-order valence-corrected chi connectivity index (χ2v) is 6.38. The Hall–Kier alpha value is -1.60. The second-order valence-electron chi connectivity index (χ2n) is 6.38. The quantitative estimate of drug-likeness (QED) is 0.804. The SMILES string of the molecule is O=C(NC1CC1)[C@@H]1CN(Cc2cc(F)c(F)cc2F)C[C@H]1CO. The number of rotatable bonds is 5. The lowest BCUT2D eigenvalue weighted by atomic mass is 9.96. The van der Waals surface area contributed by atoms with Gasteiger partial charge in [-0.25, -0.2) is 13.2 Å². The number of hydrogen-bond donors (Lipinski definition) is 2. The maximum atomic E-state index is 13.7. The molecule has 7 heteroatoms. The Balaban J connectivity index is 1.67. The first kappa shape index (κ1) is 16.3. The van der Waals surface area contributed by atoms with Gasteiger partial charge in [-0.2, -0.15) is 0 Å². The highest BCUT2D eigenvalue weighted by atomic mass is 19.2. The Morgan fingerprint density at radius 1 is 1.17 bits per heavy atom. The third kappa shape index (κ3) is 3.67. The van der Waals surface area contributed by atoms with E-state index in [1.54, 1.807) is 4.90 Å². The van der Waals surface area contributed by atoms with Crippen molar-refractivity contribution in [2.24, 2.45) is 11.8 Å². The number of benzene rings is 1. The molecule has 0 spiro atoms. The van der Waals surface area contributed by atoms with Gasteiger partial charge in [-0.3, -0.25) is 9.69 Å². The smallest absolute Gasteiger partial charge is 0.225 e. The number of amides is 1. The van der Waals surface area contributed by atoms with Gasteiger partial charge in [0, 0.05) is 49.8 Å². The molecule has 2 fully saturated rings. The van der Waals surface area contributed by atoms with Gasteiger partial charge in [0.25, 0.3) is 0 Å². The van der Waals surface area contributed by atoms with E-state index in [0.29, 0.717) is 19.2 Å². The summed E-state index contributed by atoms with van der Waals surface area (Å²) >= 11 is 0. The van der Waals surface area contributed by atoms with Gasteiger partial charge in [-0.15, -0.1) is 0 Å². The van der Waals surface area contributed by atoms with E-state index in [9.17, 15) is 23.1 Å². The van der Waals surface area contributed by atoms with Crippen LogP contribution in [0.25, 0.3) is 0 Å². The summed E-state index contributed by atoms with van der Waals surface area (Å²) in [6, 6.07) is 1.61. The van der Waals surface area contributed by atoms with Crippen LogP contribution in [0.4, 0.5) is 13.2 Å². The summed E-state index contributed by atoms with van der Waals surface area (Å²) in [5.41, 5.74) is 0.0452. The highest BCUT2D eigenvalue weighted by molar-refractivity contribution is 5.80. The lowest BCUT2D eigenvalue weighted by Gasteiger charge is -2.16. The first-order valence-electron chi connectivity index (χ1n) is 7.75. The predicted octanol–water partition coefficient (Wildman–Crippen LogP) is 1.42. The number of carbonyl (C=O) groups is 1. The highest BCUT2D eigenvalue weighted by Crippen LogP contribution is 2.28. The molecule has 0 aromatic heterocycles. The van der Waals surface area contributed by atoms with Crippen LogP contribution >= 0.6 is 0 Å². The van der Waals surface area contributed by atoms with Gasteiger partial charge in [0.1, 0.15) is 5.82 Å². The average molecular weight is 328 g/mol. The van der Waals surface area contributed by atoms with Gasteiger partial charge < -0.3 is 10.4 Å². The summed E-state index contributed by atoms with van der Waals surface area (Å²) in [6.07, 6.45) is 1.96. The zero-order valence-corrected chi connectivity index (χ0v) is 12.6. The molecule has 1 aromatic rings. The molecule has 0 unspecified atom stereocenters. The van der Waals surface area contributed by atoms with Crippen LogP contribution in [-0.2, 0) is 11.3 Å². The third-order valence-electron chi connectivity index (χ3n) is 4.49. The molecule has 2 atom stereocenters. The van der Waals surface area contributed by atoms with Crippen LogP contribution in [0, 0.1) is 29.3 Å². The minimum Gasteiger partial charge on any atom is -0.396 e. The Morgan fingerprint density at radius 3 is 2.52 bits per heavy atom. The van der Waals surface area contributed by atoms with E-state index in [0.717, 1.165) is 18.9 Å². The highest BCUT2D eigenvalue weighted by Gasteiger charge is 2.39. The zero-order chi connectivity index (χ0) is 16.6. The molecule has 4 nitrogen and oxygen atoms in total. The Morgan fingerprint density at radius 2 is 1.87 bits per heavy atom. The largest absolute Gasteiger partial charge is 0.396 e. The number of aliphatic hydroxyl groups is 1. The van der Waals surface area contributed by atoms with Gasteiger partial charge >= 0.3 is 0 Å². The summed E-state index contributed by atoms with van der Waals surface area (Å²) in [5, 5.41) is 12.4. The van der Waals surface area contributed by atoms with E-state index in [-0.39, 0.29) is 42.5 Å². The van der Waals surface area contributed by atoms with Crippen LogP contribution in [-0.4, -0.2) is 41.7 Å². The van der Waals surface area contributed by atoms with Gasteiger partial charge in [0.05, 0.1) is 5.92 Å². The molecular weight excluding hydrogens is 309 g/mol. The molecule has 1 saturated heterocycles. The summed E-state index contributed by atoms with van der Waals surface area (Å²) in [6.45, 7) is 0.714. The van der Waals surface area contributed by atoms with Crippen LogP contribution in [0.1, 0.15) is 18.4 Å². The van der Waals surface area contributed by atoms with Crippen molar-refractivity contribution in [2.45, 2.75) is 25.4 Å². The molecule has 126 valence electrons. The minimum absolute atomic E-state index is 0.0452. The normalized spacial score (nSPS) is 24.9. The van der Waals surface area contributed by atoms with Gasteiger partial charge in [-0.1, -0.05) is 0 Å². The third-order valence-corrected chi connectivity index (χ3v) is 4.49.